The summed E-state index contributed by atoms with van der Waals surface area (Å²) in [6.07, 6.45) is -1.51. The monoisotopic (exact) mass is 762 g/mol. The van der Waals surface area contributed by atoms with E-state index >= 15 is 0 Å². The van der Waals surface area contributed by atoms with Crippen LogP contribution in [0.25, 0.3) is 6.08 Å². The van der Waals surface area contributed by atoms with Crippen LogP contribution < -0.4 is 14.8 Å². The highest BCUT2D eigenvalue weighted by Gasteiger charge is 2.60. The fourth-order valence-electron chi connectivity index (χ4n) is 8.85. The first kappa shape index (κ1) is 36.1. The molecule has 2 saturated heterocycles. The molecule has 7 atom stereocenters. The van der Waals surface area contributed by atoms with Crippen LogP contribution in [0.1, 0.15) is 67.4 Å². The van der Waals surface area contributed by atoms with E-state index in [9.17, 15) is 38.2 Å². The predicted molar refractivity (Wildman–Crippen MR) is 191 cm³/mol. The summed E-state index contributed by atoms with van der Waals surface area (Å²) in [6.45, 7) is 5.22. The Labute approximate surface area is 313 Å². The van der Waals surface area contributed by atoms with E-state index in [2.05, 4.69) is 27.3 Å². The summed E-state index contributed by atoms with van der Waals surface area (Å²) < 4.78 is 56.9. The molecule has 6 aliphatic rings. The van der Waals surface area contributed by atoms with Crippen molar-refractivity contribution in [2.24, 2.45) is 0 Å². The van der Waals surface area contributed by atoms with E-state index in [1.807, 2.05) is 20.9 Å². The van der Waals surface area contributed by atoms with Crippen LogP contribution in [0.3, 0.4) is 0 Å². The second-order valence-corrected chi connectivity index (χ2v) is 15.6. The van der Waals surface area contributed by atoms with Crippen LogP contribution in [-0.4, -0.2) is 82.3 Å². The Hall–Kier alpha value is -4.91. The third-order valence-corrected chi connectivity index (χ3v) is 13.0. The molecule has 1 unspecified atom stereocenters. The van der Waals surface area contributed by atoms with Crippen LogP contribution >= 0.6 is 11.8 Å². The molecule has 9 rings (SSSR count). The smallest absolute Gasteiger partial charge is 0.416 e. The number of benzene rings is 3. The third kappa shape index (κ3) is 5.56. The maximum Gasteiger partial charge on any atom is 0.416 e. The number of aryl methyl sites for hydroxylation is 1. The van der Waals surface area contributed by atoms with E-state index in [1.165, 1.54) is 30.0 Å². The molecule has 3 aromatic rings. The molecule has 6 heterocycles. The maximum absolute atomic E-state index is 13.7. The fraction of sp³-hybridized carbons (Fsp3) is 0.410. The van der Waals surface area contributed by atoms with Gasteiger partial charge in [-0.3, -0.25) is 14.6 Å². The Balaban J connectivity index is 1.21. The number of halogens is 3. The first-order valence-corrected chi connectivity index (χ1v) is 18.6. The number of nitrogens with one attached hydrogen (secondary N) is 1. The lowest BCUT2D eigenvalue weighted by atomic mass is 9.71. The number of aromatic hydroxyl groups is 2. The van der Waals surface area contributed by atoms with Crippen molar-refractivity contribution in [3.63, 3.8) is 0 Å². The van der Waals surface area contributed by atoms with Crippen molar-refractivity contribution in [2.45, 2.75) is 74.9 Å². The third-order valence-electron chi connectivity index (χ3n) is 11.6. The molecule has 282 valence electrons. The van der Waals surface area contributed by atoms with Crippen molar-refractivity contribution in [1.82, 2.24) is 15.1 Å². The van der Waals surface area contributed by atoms with E-state index in [1.54, 1.807) is 6.92 Å². The summed E-state index contributed by atoms with van der Waals surface area (Å²) in [5, 5.41) is 36.8. The fourth-order valence-corrected chi connectivity index (χ4v) is 10.4. The van der Waals surface area contributed by atoms with Crippen molar-refractivity contribution >= 4 is 29.7 Å². The summed E-state index contributed by atoms with van der Waals surface area (Å²) in [4.78, 5) is 31.1. The van der Waals surface area contributed by atoms with Crippen molar-refractivity contribution in [3.05, 3.63) is 86.5 Å². The minimum atomic E-state index is -4.50. The Kier molecular flexibility index (Phi) is 8.78. The van der Waals surface area contributed by atoms with Gasteiger partial charge in [0, 0.05) is 46.2 Å². The lowest BCUT2D eigenvalue weighted by Gasteiger charge is -2.61. The highest BCUT2D eigenvalue weighted by Crippen LogP contribution is 2.63. The van der Waals surface area contributed by atoms with Crippen molar-refractivity contribution < 1.29 is 47.2 Å². The molecule has 0 radical (unpaired) electrons. The van der Waals surface area contributed by atoms with Gasteiger partial charge in [0.15, 0.2) is 11.5 Å². The second-order valence-electron chi connectivity index (χ2n) is 14.4. The maximum atomic E-state index is 13.7. The zero-order chi connectivity index (χ0) is 38.4. The molecule has 3 aromatic carbocycles. The molecule has 15 heteroatoms. The van der Waals surface area contributed by atoms with Gasteiger partial charge >= 0.3 is 12.1 Å². The van der Waals surface area contributed by atoms with E-state index < -0.39 is 59.1 Å². The van der Waals surface area contributed by atoms with Gasteiger partial charge < -0.3 is 29.7 Å². The number of carbonyl (C=O) groups excluding carboxylic acids is 2. The topological polar surface area (TPSA) is 145 Å². The van der Waals surface area contributed by atoms with E-state index in [0.717, 1.165) is 40.5 Å². The molecule has 4 bridgehead atoms. The predicted octanol–water partition coefficient (Wildman–Crippen LogP) is 5.53. The molecular weight excluding hydrogens is 726 g/mol. The highest BCUT2D eigenvalue weighted by atomic mass is 32.2. The average molecular weight is 763 g/mol. The summed E-state index contributed by atoms with van der Waals surface area (Å²) in [5.41, 5.74) is 4.52. The van der Waals surface area contributed by atoms with E-state index in [-0.39, 0.29) is 36.7 Å². The number of alkyl halides is 3. The van der Waals surface area contributed by atoms with Crippen LogP contribution in [-0.2, 0) is 26.9 Å². The van der Waals surface area contributed by atoms with Crippen LogP contribution in [0.4, 0.5) is 13.2 Å². The molecule has 2 fully saturated rings. The quantitative estimate of drug-likeness (QED) is 0.229. The minimum Gasteiger partial charge on any atom is -0.507 e. The van der Waals surface area contributed by atoms with Gasteiger partial charge in [-0.1, -0.05) is 18.2 Å². The van der Waals surface area contributed by atoms with E-state index in [0.29, 0.717) is 40.2 Å². The number of ether oxygens (including phenoxy) is 3. The van der Waals surface area contributed by atoms with Crippen LogP contribution in [0.15, 0.2) is 36.4 Å². The van der Waals surface area contributed by atoms with Crippen LogP contribution in [0.5, 0.6) is 23.0 Å². The Morgan fingerprint density at radius 1 is 1.04 bits per heavy atom. The number of likely N-dealkylation sites (N-methyl/N-ethyl adjacent to an activating group) is 1. The number of hydrogen-bond acceptors (Lipinski definition) is 11. The highest BCUT2D eigenvalue weighted by molar-refractivity contribution is 7.99. The van der Waals surface area contributed by atoms with Gasteiger partial charge in [-0.05, 0) is 74.7 Å². The van der Waals surface area contributed by atoms with Gasteiger partial charge in [-0.2, -0.15) is 18.4 Å². The van der Waals surface area contributed by atoms with Crippen molar-refractivity contribution in [2.75, 3.05) is 26.2 Å². The number of amides is 1. The van der Waals surface area contributed by atoms with Crippen LogP contribution in [0.2, 0.25) is 0 Å². The Morgan fingerprint density at radius 2 is 1.74 bits per heavy atom. The van der Waals surface area contributed by atoms with Gasteiger partial charge in [0.1, 0.15) is 30.2 Å². The van der Waals surface area contributed by atoms with E-state index in [4.69, 9.17) is 14.2 Å². The zero-order valence-corrected chi connectivity index (χ0v) is 30.5. The molecule has 11 nitrogen and oxygen atoms in total. The summed E-state index contributed by atoms with van der Waals surface area (Å²) in [6, 6.07) is 5.06. The number of fused-ring (bicyclic) bond motifs is 10. The number of carbonyl (C=O) groups is 2. The minimum absolute atomic E-state index is 0.00637. The molecule has 0 saturated carbocycles. The van der Waals surface area contributed by atoms with Gasteiger partial charge in [-0.15, -0.1) is 11.8 Å². The van der Waals surface area contributed by atoms with Crippen molar-refractivity contribution in [3.8, 4) is 29.1 Å². The molecule has 54 heavy (non-hydrogen) atoms. The van der Waals surface area contributed by atoms with Gasteiger partial charge in [-0.25, -0.2) is 4.79 Å². The zero-order valence-electron chi connectivity index (χ0n) is 29.7. The second kappa shape index (κ2) is 13.1. The molecular formula is C39H37F3N4O7S. The Bertz CT molecular complexity index is 2150. The van der Waals surface area contributed by atoms with Gasteiger partial charge in [0.25, 0.3) is 0 Å². The number of nitriles is 1. The van der Waals surface area contributed by atoms with Gasteiger partial charge in [0.05, 0.1) is 29.0 Å². The summed E-state index contributed by atoms with van der Waals surface area (Å²) in [5.74, 6) is -0.424. The summed E-state index contributed by atoms with van der Waals surface area (Å²) in [7, 11) is 1.95. The average Bonchev–Trinajstić information content (AvgIpc) is 3.63. The number of thioether (sulfide) groups is 1. The number of hydrogen-bond donors (Lipinski definition) is 3. The molecule has 3 N–H and O–H groups in total. The number of phenolic OH excluding ortho intramolecular Hbond substituents is 2. The van der Waals surface area contributed by atoms with Crippen LogP contribution in [0, 0.1) is 32.1 Å². The lowest BCUT2D eigenvalue weighted by molar-refractivity contribution is -0.152. The first-order chi connectivity index (χ1) is 25.7. The SMILES string of the molecule is Cc1cc2c(c(O)c1C)[C@@H]1C3[C@@H]4SC[C@H](NC(=O)/C=C/c5ccc(C(F)(F)F)cc5)C(=O)OC[C@@H](c5c6c(c(C)c(O)c54)OCO6)N3[C@@H](C#N)[C@H](C2)N1C. The molecule has 1 amide bonds. The molecule has 0 spiro atoms. The normalized spacial score (nSPS) is 27.4. The molecule has 0 aromatic heterocycles. The van der Waals surface area contributed by atoms with Crippen molar-refractivity contribution in [1.29, 1.82) is 5.26 Å². The number of esters is 1. The Morgan fingerprint density at radius 3 is 2.44 bits per heavy atom. The number of rotatable bonds is 3. The molecule has 6 aliphatic heterocycles. The first-order valence-electron chi connectivity index (χ1n) is 17.5. The summed E-state index contributed by atoms with van der Waals surface area (Å²) >= 11 is 1.31. The number of phenols is 2. The van der Waals surface area contributed by atoms with Gasteiger partial charge in [0.2, 0.25) is 12.7 Å². The lowest BCUT2D eigenvalue weighted by Crippen LogP contribution is -2.69. The molecule has 0 aliphatic carbocycles. The largest absolute Gasteiger partial charge is 0.507 e. The number of nitrogens with zero attached hydrogens (tertiary/aromatic N) is 3. The number of piperazine rings is 1. The standard InChI is InChI=1S/C39H37F3N4O7S/c1-17-11-21-12-24-25(13-43)46-26-14-51-38(50)23(44-27(47)10-7-20-5-8-22(9-6-20)39(40,41)42)15-54-37(32(46)31(45(24)4)28(21)33(48)18(17)2)30-29(26)36-35(52-16-53-36)19(3)34(30)49/h5-11,23-26,31-32,37,48-49H,12,14-16H2,1-4H3,(H,44,47)/b10-7+/t23-,24-,25-,26-,31+,32?,37+/m0/s1.